The quantitative estimate of drug-likeness (QED) is 0.538. The second-order valence-corrected chi connectivity index (χ2v) is 7.32. The lowest BCUT2D eigenvalue weighted by molar-refractivity contribution is -0.114. The molecule has 9 heteroatoms. The summed E-state index contributed by atoms with van der Waals surface area (Å²) in [5.41, 5.74) is 1.72. The molecule has 0 spiro atoms. The smallest absolute Gasteiger partial charge is 0.337 e. The maximum absolute atomic E-state index is 12.9. The van der Waals surface area contributed by atoms with Gasteiger partial charge in [0.2, 0.25) is 0 Å². The van der Waals surface area contributed by atoms with Crippen LogP contribution >= 0.6 is 11.6 Å². The molecule has 160 valence electrons. The molecule has 1 amide bonds. The first-order valence-corrected chi connectivity index (χ1v) is 9.70. The first kappa shape index (κ1) is 21.1. The van der Waals surface area contributed by atoms with Crippen molar-refractivity contribution < 1.29 is 29.0 Å². The Bertz CT molecular complexity index is 1320. The number of halogens is 1. The summed E-state index contributed by atoms with van der Waals surface area (Å²) in [6.45, 7) is 1.66. The average Bonchev–Trinajstić information content (AvgIpc) is 3.34. The largest absolute Gasteiger partial charge is 0.478 e. The highest BCUT2D eigenvalue weighted by atomic mass is 35.5. The third-order valence-corrected chi connectivity index (χ3v) is 5.15. The van der Waals surface area contributed by atoms with Crippen molar-refractivity contribution >= 4 is 46.9 Å². The van der Waals surface area contributed by atoms with Gasteiger partial charge in [-0.2, -0.15) is 10.1 Å². The van der Waals surface area contributed by atoms with E-state index in [0.717, 1.165) is 5.01 Å². The molecule has 32 heavy (non-hydrogen) atoms. The lowest BCUT2D eigenvalue weighted by Crippen LogP contribution is -2.21. The molecule has 0 bridgehead atoms. The van der Waals surface area contributed by atoms with Crippen molar-refractivity contribution in [2.45, 2.75) is 6.92 Å². The maximum Gasteiger partial charge on any atom is 0.337 e. The third kappa shape index (κ3) is 3.91. The van der Waals surface area contributed by atoms with Gasteiger partial charge in [-0.15, -0.1) is 0 Å². The molecule has 0 fully saturated rings. The van der Waals surface area contributed by atoms with Crippen LogP contribution in [0.3, 0.4) is 0 Å². The van der Waals surface area contributed by atoms with Gasteiger partial charge in [-0.3, -0.25) is 4.79 Å². The van der Waals surface area contributed by atoms with Crippen LogP contribution in [0.1, 0.15) is 33.4 Å². The minimum absolute atomic E-state index is 0.0591. The van der Waals surface area contributed by atoms with E-state index in [0.29, 0.717) is 28.4 Å². The van der Waals surface area contributed by atoms with Gasteiger partial charge in [0.05, 0.1) is 33.1 Å². The predicted molar refractivity (Wildman–Crippen MR) is 118 cm³/mol. The molecule has 1 aliphatic rings. The fourth-order valence-electron chi connectivity index (χ4n) is 3.17. The molecule has 2 aromatic carbocycles. The Morgan fingerprint density at radius 3 is 2.41 bits per heavy atom. The number of hydrazone groups is 1. The monoisotopic (exact) mass is 450 g/mol. The number of hydrogen-bond donors (Lipinski definition) is 2. The summed E-state index contributed by atoms with van der Waals surface area (Å²) in [4.78, 5) is 35.3. The Morgan fingerprint density at radius 2 is 1.75 bits per heavy atom. The number of benzene rings is 2. The topological polar surface area (TPSA) is 120 Å². The molecule has 8 nitrogen and oxygen atoms in total. The molecule has 3 aromatic rings. The van der Waals surface area contributed by atoms with Crippen molar-refractivity contribution in [1.82, 2.24) is 0 Å². The van der Waals surface area contributed by atoms with E-state index in [4.69, 9.17) is 21.1 Å². The SMILES string of the molecule is CC1=NN(c2ccc(Cl)c(C(=O)O)c2)C(=O)C1=Cc1ccc(-c2ccc(C(=O)O)cc2)o1. The highest BCUT2D eigenvalue weighted by Gasteiger charge is 2.30. The van der Waals surface area contributed by atoms with Crippen molar-refractivity contribution in [3.63, 3.8) is 0 Å². The zero-order valence-corrected chi connectivity index (χ0v) is 17.3. The average molecular weight is 451 g/mol. The van der Waals surface area contributed by atoms with Crippen LogP contribution in [0.4, 0.5) is 5.69 Å². The Balaban J connectivity index is 1.60. The van der Waals surface area contributed by atoms with Crippen LogP contribution in [0, 0.1) is 0 Å². The molecule has 0 atom stereocenters. The molecular weight excluding hydrogens is 436 g/mol. The second-order valence-electron chi connectivity index (χ2n) is 6.91. The number of carbonyl (C=O) groups is 3. The summed E-state index contributed by atoms with van der Waals surface area (Å²) in [5, 5.41) is 23.7. The number of furan rings is 1. The van der Waals surface area contributed by atoms with Crippen LogP contribution in [0.15, 0.2) is 69.7 Å². The van der Waals surface area contributed by atoms with Gasteiger partial charge in [0.1, 0.15) is 11.5 Å². The molecule has 2 N–H and O–H groups in total. The van der Waals surface area contributed by atoms with Gasteiger partial charge in [-0.05, 0) is 55.5 Å². The van der Waals surface area contributed by atoms with Crippen molar-refractivity contribution in [3.05, 3.63) is 82.1 Å². The van der Waals surface area contributed by atoms with E-state index < -0.39 is 17.8 Å². The van der Waals surface area contributed by atoms with E-state index in [2.05, 4.69) is 5.10 Å². The first-order chi connectivity index (χ1) is 15.2. The number of rotatable bonds is 5. The number of carboxylic acids is 2. The Morgan fingerprint density at radius 1 is 1.03 bits per heavy atom. The van der Waals surface area contributed by atoms with E-state index in [9.17, 15) is 19.5 Å². The second kappa shape index (κ2) is 8.16. The van der Waals surface area contributed by atoms with E-state index in [1.165, 1.54) is 30.3 Å². The summed E-state index contributed by atoms with van der Waals surface area (Å²) in [7, 11) is 0. The standard InChI is InChI=1S/C23H15ClN2O6/c1-12-17(21(27)26(25-12)15-6-8-19(24)18(10-15)23(30)31)11-16-7-9-20(32-16)13-2-4-14(5-3-13)22(28)29/h2-11H,1H3,(H,28,29)(H,30,31). The number of nitrogens with zero attached hydrogens (tertiary/aromatic N) is 2. The lowest BCUT2D eigenvalue weighted by Gasteiger charge is -2.12. The zero-order chi connectivity index (χ0) is 23.0. The van der Waals surface area contributed by atoms with Gasteiger partial charge in [0, 0.05) is 5.56 Å². The molecule has 1 aromatic heterocycles. The van der Waals surface area contributed by atoms with Crippen LogP contribution in [-0.4, -0.2) is 33.8 Å². The number of carbonyl (C=O) groups excluding carboxylic acids is 1. The predicted octanol–water partition coefficient (Wildman–Crippen LogP) is 4.80. The molecule has 0 radical (unpaired) electrons. The Labute approximate surface area is 186 Å². The van der Waals surface area contributed by atoms with Crippen LogP contribution in [-0.2, 0) is 4.79 Å². The van der Waals surface area contributed by atoms with Gasteiger partial charge < -0.3 is 14.6 Å². The summed E-state index contributed by atoms with van der Waals surface area (Å²) >= 11 is 5.90. The van der Waals surface area contributed by atoms with Crippen molar-refractivity contribution in [3.8, 4) is 11.3 Å². The van der Waals surface area contributed by atoms with Crippen molar-refractivity contribution in [1.29, 1.82) is 0 Å². The summed E-state index contributed by atoms with van der Waals surface area (Å²) in [6, 6.07) is 13.8. The van der Waals surface area contributed by atoms with E-state index >= 15 is 0 Å². The van der Waals surface area contributed by atoms with E-state index in [1.54, 1.807) is 37.3 Å². The lowest BCUT2D eigenvalue weighted by atomic mass is 10.1. The van der Waals surface area contributed by atoms with Gasteiger partial charge in [-0.1, -0.05) is 23.7 Å². The molecule has 0 aliphatic carbocycles. The highest BCUT2D eigenvalue weighted by molar-refractivity contribution is 6.34. The number of aromatic carboxylic acids is 2. The van der Waals surface area contributed by atoms with Gasteiger partial charge >= 0.3 is 11.9 Å². The third-order valence-electron chi connectivity index (χ3n) is 4.82. The summed E-state index contributed by atoms with van der Waals surface area (Å²) < 4.78 is 5.79. The fourth-order valence-corrected chi connectivity index (χ4v) is 3.37. The number of carboxylic acid groups (broad SMARTS) is 2. The van der Waals surface area contributed by atoms with Gasteiger partial charge in [0.25, 0.3) is 5.91 Å². The maximum atomic E-state index is 12.9. The Kier molecular flexibility index (Phi) is 5.38. The molecular formula is C23H15ClN2O6. The molecule has 4 rings (SSSR count). The summed E-state index contributed by atoms with van der Waals surface area (Å²) in [6.07, 6.45) is 1.55. The first-order valence-electron chi connectivity index (χ1n) is 9.33. The van der Waals surface area contributed by atoms with Gasteiger partial charge in [0.15, 0.2) is 0 Å². The van der Waals surface area contributed by atoms with E-state index in [1.807, 2.05) is 0 Å². The fraction of sp³-hybridized carbons (Fsp3) is 0.0435. The minimum atomic E-state index is -1.21. The molecule has 0 unspecified atom stereocenters. The zero-order valence-electron chi connectivity index (χ0n) is 16.6. The van der Waals surface area contributed by atoms with E-state index in [-0.39, 0.29) is 21.8 Å². The van der Waals surface area contributed by atoms with Crippen molar-refractivity contribution in [2.24, 2.45) is 5.10 Å². The molecule has 0 saturated carbocycles. The number of anilines is 1. The molecule has 2 heterocycles. The van der Waals surface area contributed by atoms with Crippen molar-refractivity contribution in [2.75, 3.05) is 5.01 Å². The van der Waals surface area contributed by atoms with Gasteiger partial charge in [-0.25, -0.2) is 9.59 Å². The Hall–Kier alpha value is -4.17. The van der Waals surface area contributed by atoms with Crippen LogP contribution in [0.5, 0.6) is 0 Å². The molecule has 1 aliphatic heterocycles. The van der Waals surface area contributed by atoms with Crippen LogP contribution < -0.4 is 5.01 Å². The minimum Gasteiger partial charge on any atom is -0.478 e. The number of hydrogen-bond acceptors (Lipinski definition) is 5. The summed E-state index contributed by atoms with van der Waals surface area (Å²) in [5.74, 6) is -1.75. The highest BCUT2D eigenvalue weighted by Crippen LogP contribution is 2.30. The van der Waals surface area contributed by atoms with Crippen LogP contribution in [0.25, 0.3) is 17.4 Å². The normalized spacial score (nSPS) is 14.7. The number of amides is 1. The van der Waals surface area contributed by atoms with Crippen LogP contribution in [0.2, 0.25) is 5.02 Å². The molecule has 0 saturated heterocycles.